The Kier molecular flexibility index (Phi) is 7.22. The minimum Gasteiger partial charge on any atom is -0.481 e. The number of carbonyl (C=O) groups is 2. The summed E-state index contributed by atoms with van der Waals surface area (Å²) < 4.78 is 0. The van der Waals surface area contributed by atoms with Gasteiger partial charge in [0, 0.05) is 12.2 Å². The number of carbonyl (C=O) groups excluding carboxylic acids is 1. The summed E-state index contributed by atoms with van der Waals surface area (Å²) in [4.78, 5) is 27.1. The standard InChI is InChI=1S/C15H22N2O3S/c1-10(15(19)20)6-4-7-11(2)17-13(18)12-8-5-9-16-14(12)21-3/h5,8-11H,4,6-7H2,1-3H3,(H,17,18)(H,19,20). The van der Waals surface area contributed by atoms with Gasteiger partial charge in [0.15, 0.2) is 0 Å². The van der Waals surface area contributed by atoms with Crippen LogP contribution in [-0.2, 0) is 4.79 Å². The minimum atomic E-state index is -0.772. The van der Waals surface area contributed by atoms with Crippen molar-refractivity contribution in [1.29, 1.82) is 0 Å². The van der Waals surface area contributed by atoms with Crippen molar-refractivity contribution in [3.63, 3.8) is 0 Å². The van der Waals surface area contributed by atoms with Crippen LogP contribution < -0.4 is 5.32 Å². The molecule has 0 fully saturated rings. The molecule has 1 heterocycles. The molecule has 21 heavy (non-hydrogen) atoms. The SMILES string of the molecule is CSc1ncccc1C(=O)NC(C)CCCC(C)C(=O)O. The van der Waals surface area contributed by atoms with Crippen molar-refractivity contribution in [1.82, 2.24) is 10.3 Å². The average molecular weight is 310 g/mol. The Labute approximate surface area is 129 Å². The third kappa shape index (κ3) is 5.75. The fourth-order valence-corrected chi connectivity index (χ4v) is 2.50. The molecule has 2 atom stereocenters. The molecule has 1 rings (SSSR count). The van der Waals surface area contributed by atoms with Crippen LogP contribution in [0.25, 0.3) is 0 Å². The monoisotopic (exact) mass is 310 g/mol. The first-order chi connectivity index (χ1) is 9.95. The quantitative estimate of drug-likeness (QED) is 0.722. The summed E-state index contributed by atoms with van der Waals surface area (Å²) in [7, 11) is 0. The molecule has 116 valence electrons. The van der Waals surface area contributed by atoms with Crippen molar-refractivity contribution in [3.8, 4) is 0 Å². The number of carboxylic acid groups (broad SMARTS) is 1. The summed E-state index contributed by atoms with van der Waals surface area (Å²) in [6.07, 6.45) is 5.71. The maximum atomic E-state index is 12.2. The first-order valence-corrected chi connectivity index (χ1v) is 8.20. The number of hydrogen-bond acceptors (Lipinski definition) is 4. The Balaban J connectivity index is 2.45. The molecule has 0 bridgehead atoms. The molecule has 0 aromatic carbocycles. The van der Waals surface area contributed by atoms with Crippen LogP contribution in [-0.4, -0.2) is 34.3 Å². The van der Waals surface area contributed by atoms with Crippen LogP contribution in [0.1, 0.15) is 43.5 Å². The summed E-state index contributed by atoms with van der Waals surface area (Å²) >= 11 is 1.44. The number of hydrogen-bond donors (Lipinski definition) is 2. The molecule has 2 N–H and O–H groups in total. The molecule has 0 saturated heterocycles. The van der Waals surface area contributed by atoms with E-state index in [0.29, 0.717) is 17.0 Å². The number of carboxylic acids is 1. The summed E-state index contributed by atoms with van der Waals surface area (Å²) in [6, 6.07) is 3.51. The number of thioether (sulfide) groups is 1. The molecule has 1 aromatic rings. The van der Waals surface area contributed by atoms with E-state index in [1.54, 1.807) is 25.3 Å². The first kappa shape index (κ1) is 17.5. The number of rotatable bonds is 8. The lowest BCUT2D eigenvalue weighted by Gasteiger charge is -2.15. The Morgan fingerprint density at radius 1 is 1.38 bits per heavy atom. The maximum Gasteiger partial charge on any atom is 0.306 e. The highest BCUT2D eigenvalue weighted by Crippen LogP contribution is 2.17. The molecule has 0 radical (unpaired) electrons. The highest BCUT2D eigenvalue weighted by molar-refractivity contribution is 7.98. The molecule has 1 aromatic heterocycles. The number of nitrogens with zero attached hydrogens (tertiary/aromatic N) is 1. The second kappa shape index (κ2) is 8.67. The third-order valence-electron chi connectivity index (χ3n) is 3.28. The van der Waals surface area contributed by atoms with E-state index in [0.717, 1.165) is 12.8 Å². The molecular weight excluding hydrogens is 288 g/mol. The molecule has 0 saturated carbocycles. The smallest absolute Gasteiger partial charge is 0.306 e. The number of amides is 1. The Bertz CT molecular complexity index is 494. The van der Waals surface area contributed by atoms with Crippen LogP contribution in [0.15, 0.2) is 23.4 Å². The van der Waals surface area contributed by atoms with Crippen molar-refractivity contribution in [2.75, 3.05) is 6.26 Å². The lowest BCUT2D eigenvalue weighted by atomic mass is 10.0. The van der Waals surface area contributed by atoms with Crippen molar-refractivity contribution in [2.24, 2.45) is 5.92 Å². The molecule has 0 aliphatic rings. The van der Waals surface area contributed by atoms with Gasteiger partial charge in [0.1, 0.15) is 5.03 Å². The summed E-state index contributed by atoms with van der Waals surface area (Å²) in [5, 5.41) is 12.5. The van der Waals surface area contributed by atoms with E-state index in [1.165, 1.54) is 11.8 Å². The van der Waals surface area contributed by atoms with Gasteiger partial charge in [-0.2, -0.15) is 0 Å². The van der Waals surface area contributed by atoms with Crippen LogP contribution >= 0.6 is 11.8 Å². The van der Waals surface area contributed by atoms with Crippen molar-refractivity contribution in [2.45, 2.75) is 44.2 Å². The van der Waals surface area contributed by atoms with E-state index >= 15 is 0 Å². The van der Waals surface area contributed by atoms with E-state index in [9.17, 15) is 9.59 Å². The first-order valence-electron chi connectivity index (χ1n) is 6.98. The average Bonchev–Trinajstić information content (AvgIpc) is 2.46. The number of pyridine rings is 1. The van der Waals surface area contributed by atoms with Gasteiger partial charge in [0.05, 0.1) is 11.5 Å². The molecular formula is C15H22N2O3S. The van der Waals surface area contributed by atoms with E-state index in [1.807, 2.05) is 13.2 Å². The molecule has 0 spiro atoms. The zero-order valence-electron chi connectivity index (χ0n) is 12.6. The molecule has 5 nitrogen and oxygen atoms in total. The van der Waals surface area contributed by atoms with Gasteiger partial charge in [-0.25, -0.2) is 4.98 Å². The number of aromatic nitrogens is 1. The van der Waals surface area contributed by atoms with Gasteiger partial charge in [-0.05, 0) is 38.2 Å². The second-order valence-electron chi connectivity index (χ2n) is 5.10. The van der Waals surface area contributed by atoms with Crippen LogP contribution in [0.4, 0.5) is 0 Å². The fourth-order valence-electron chi connectivity index (χ4n) is 1.95. The van der Waals surface area contributed by atoms with Crippen LogP contribution in [0.5, 0.6) is 0 Å². The third-order valence-corrected chi connectivity index (χ3v) is 3.99. The van der Waals surface area contributed by atoms with Gasteiger partial charge in [-0.1, -0.05) is 13.3 Å². The van der Waals surface area contributed by atoms with Crippen LogP contribution in [0.3, 0.4) is 0 Å². The van der Waals surface area contributed by atoms with Crippen LogP contribution in [0.2, 0.25) is 0 Å². The molecule has 6 heteroatoms. The maximum absolute atomic E-state index is 12.2. The predicted molar refractivity (Wildman–Crippen MR) is 83.6 cm³/mol. The van der Waals surface area contributed by atoms with Crippen LogP contribution in [0, 0.1) is 5.92 Å². The normalized spacial score (nSPS) is 13.5. The van der Waals surface area contributed by atoms with Gasteiger partial charge < -0.3 is 10.4 Å². The molecule has 1 amide bonds. The van der Waals surface area contributed by atoms with E-state index in [4.69, 9.17) is 5.11 Å². The summed E-state index contributed by atoms with van der Waals surface area (Å²) in [5.74, 6) is -1.24. The zero-order valence-corrected chi connectivity index (χ0v) is 13.4. The lowest BCUT2D eigenvalue weighted by Crippen LogP contribution is -2.33. The lowest BCUT2D eigenvalue weighted by molar-refractivity contribution is -0.141. The van der Waals surface area contributed by atoms with Gasteiger partial charge in [0.2, 0.25) is 0 Å². The topological polar surface area (TPSA) is 79.3 Å². The van der Waals surface area contributed by atoms with E-state index < -0.39 is 5.97 Å². The zero-order chi connectivity index (χ0) is 15.8. The molecule has 0 aliphatic carbocycles. The predicted octanol–water partition coefficient (Wildman–Crippen LogP) is 2.81. The highest BCUT2D eigenvalue weighted by atomic mass is 32.2. The van der Waals surface area contributed by atoms with Gasteiger partial charge in [0.25, 0.3) is 5.91 Å². The van der Waals surface area contributed by atoms with Gasteiger partial charge >= 0.3 is 5.97 Å². The Hall–Kier alpha value is -1.56. The summed E-state index contributed by atoms with van der Waals surface area (Å²) in [5.41, 5.74) is 0.579. The van der Waals surface area contributed by atoms with E-state index in [2.05, 4.69) is 10.3 Å². The highest BCUT2D eigenvalue weighted by Gasteiger charge is 2.15. The second-order valence-corrected chi connectivity index (χ2v) is 5.90. The van der Waals surface area contributed by atoms with Crippen molar-refractivity contribution in [3.05, 3.63) is 23.9 Å². The number of nitrogens with one attached hydrogen (secondary N) is 1. The fraction of sp³-hybridized carbons (Fsp3) is 0.533. The summed E-state index contributed by atoms with van der Waals surface area (Å²) in [6.45, 7) is 3.63. The largest absolute Gasteiger partial charge is 0.481 e. The number of aliphatic carboxylic acids is 1. The molecule has 2 unspecified atom stereocenters. The minimum absolute atomic E-state index is 0.00778. The Morgan fingerprint density at radius 2 is 2.10 bits per heavy atom. The molecule has 0 aliphatic heterocycles. The van der Waals surface area contributed by atoms with Gasteiger partial charge in [-0.3, -0.25) is 9.59 Å². The van der Waals surface area contributed by atoms with Crippen molar-refractivity contribution < 1.29 is 14.7 Å². The van der Waals surface area contributed by atoms with Crippen molar-refractivity contribution >= 4 is 23.6 Å². The van der Waals surface area contributed by atoms with E-state index in [-0.39, 0.29) is 17.9 Å². The van der Waals surface area contributed by atoms with Gasteiger partial charge in [-0.15, -0.1) is 11.8 Å². The Morgan fingerprint density at radius 3 is 2.71 bits per heavy atom.